The fourth-order valence-corrected chi connectivity index (χ4v) is 2.43. The van der Waals surface area contributed by atoms with Crippen molar-refractivity contribution in [1.82, 2.24) is 10.2 Å². The van der Waals surface area contributed by atoms with Gasteiger partial charge in [0, 0.05) is 23.2 Å². The Morgan fingerprint density at radius 1 is 1.24 bits per heavy atom. The number of rotatable bonds is 7. The molecule has 0 aliphatic rings. The van der Waals surface area contributed by atoms with Crippen molar-refractivity contribution in [3.63, 3.8) is 0 Å². The molecule has 0 aliphatic carbocycles. The number of nitrogens with one attached hydrogen (secondary N) is 1. The lowest BCUT2D eigenvalue weighted by Gasteiger charge is -2.25. The highest BCUT2D eigenvalue weighted by Gasteiger charge is 2.15. The SMILES string of the molecule is CCNCc1occc1CN(C)C(C)c1ccc(Cl)cc1. The summed E-state index contributed by atoms with van der Waals surface area (Å²) in [6.07, 6.45) is 1.77. The molecule has 0 spiro atoms. The van der Waals surface area contributed by atoms with E-state index in [2.05, 4.69) is 49.3 Å². The van der Waals surface area contributed by atoms with Crippen LogP contribution < -0.4 is 5.32 Å². The monoisotopic (exact) mass is 306 g/mol. The summed E-state index contributed by atoms with van der Waals surface area (Å²) in [6.45, 7) is 6.88. The molecule has 1 aromatic carbocycles. The first kappa shape index (κ1) is 16.1. The van der Waals surface area contributed by atoms with Crippen LogP contribution in [0.2, 0.25) is 5.02 Å². The number of benzene rings is 1. The van der Waals surface area contributed by atoms with Crippen molar-refractivity contribution < 1.29 is 4.42 Å². The van der Waals surface area contributed by atoms with Gasteiger partial charge in [0.2, 0.25) is 0 Å². The average Bonchev–Trinajstić information content (AvgIpc) is 2.92. The molecular formula is C17H23ClN2O. The Morgan fingerprint density at radius 2 is 1.95 bits per heavy atom. The van der Waals surface area contributed by atoms with Crippen LogP contribution in [0.3, 0.4) is 0 Å². The van der Waals surface area contributed by atoms with Crippen LogP contribution in [0.1, 0.15) is 36.8 Å². The summed E-state index contributed by atoms with van der Waals surface area (Å²) in [5.41, 5.74) is 2.50. The molecule has 3 nitrogen and oxygen atoms in total. The van der Waals surface area contributed by atoms with Gasteiger partial charge >= 0.3 is 0 Å². The van der Waals surface area contributed by atoms with E-state index in [9.17, 15) is 0 Å². The van der Waals surface area contributed by atoms with E-state index in [4.69, 9.17) is 16.0 Å². The fourth-order valence-electron chi connectivity index (χ4n) is 2.30. The van der Waals surface area contributed by atoms with Crippen LogP contribution >= 0.6 is 11.6 Å². The maximum Gasteiger partial charge on any atom is 0.122 e. The molecule has 1 heterocycles. The van der Waals surface area contributed by atoms with Crippen molar-refractivity contribution in [2.75, 3.05) is 13.6 Å². The van der Waals surface area contributed by atoms with Crippen molar-refractivity contribution >= 4 is 11.6 Å². The minimum absolute atomic E-state index is 0.323. The van der Waals surface area contributed by atoms with Crippen LogP contribution in [0.4, 0.5) is 0 Å². The second-order valence-corrected chi connectivity index (χ2v) is 5.73. The zero-order valence-electron chi connectivity index (χ0n) is 12.9. The predicted molar refractivity (Wildman–Crippen MR) is 87.4 cm³/mol. The van der Waals surface area contributed by atoms with E-state index in [-0.39, 0.29) is 0 Å². The standard InChI is InChI=1S/C17H23ClN2O/c1-4-19-11-17-15(9-10-21-17)12-20(3)13(2)14-5-7-16(18)8-6-14/h5-10,13,19H,4,11-12H2,1-3H3. The predicted octanol–water partition coefficient (Wildman–Crippen LogP) is 4.24. The molecule has 0 aliphatic heterocycles. The Bertz CT molecular complexity index is 550. The van der Waals surface area contributed by atoms with Crippen molar-refractivity contribution in [3.05, 3.63) is 58.5 Å². The first-order valence-electron chi connectivity index (χ1n) is 7.33. The van der Waals surface area contributed by atoms with Gasteiger partial charge in [0.05, 0.1) is 12.8 Å². The van der Waals surface area contributed by atoms with Crippen molar-refractivity contribution in [1.29, 1.82) is 0 Å². The molecular weight excluding hydrogens is 284 g/mol. The molecule has 2 rings (SSSR count). The Balaban J connectivity index is 2.02. The molecule has 0 bridgehead atoms. The van der Waals surface area contributed by atoms with Gasteiger partial charge in [-0.05, 0) is 44.3 Å². The summed E-state index contributed by atoms with van der Waals surface area (Å²) in [6, 6.07) is 10.4. The Labute approximate surface area is 131 Å². The number of nitrogens with zero attached hydrogens (tertiary/aromatic N) is 1. The molecule has 0 saturated heterocycles. The van der Waals surface area contributed by atoms with Gasteiger partial charge in [0.1, 0.15) is 5.76 Å². The minimum atomic E-state index is 0.323. The van der Waals surface area contributed by atoms with Crippen molar-refractivity contribution in [2.45, 2.75) is 33.0 Å². The third kappa shape index (κ3) is 4.34. The number of hydrogen-bond donors (Lipinski definition) is 1. The normalized spacial score (nSPS) is 12.8. The molecule has 0 fully saturated rings. The summed E-state index contributed by atoms with van der Waals surface area (Å²) in [5, 5.41) is 4.08. The lowest BCUT2D eigenvalue weighted by molar-refractivity contribution is 0.251. The quantitative estimate of drug-likeness (QED) is 0.829. The molecule has 0 saturated carbocycles. The highest BCUT2D eigenvalue weighted by Crippen LogP contribution is 2.23. The minimum Gasteiger partial charge on any atom is -0.468 e. The first-order chi connectivity index (χ1) is 10.1. The lowest BCUT2D eigenvalue weighted by atomic mass is 10.1. The Hall–Kier alpha value is -1.29. The van der Waals surface area contributed by atoms with Crippen LogP contribution in [0, 0.1) is 0 Å². The van der Waals surface area contributed by atoms with Gasteiger partial charge in [-0.2, -0.15) is 0 Å². The summed E-state index contributed by atoms with van der Waals surface area (Å²) < 4.78 is 5.56. The van der Waals surface area contributed by atoms with E-state index < -0.39 is 0 Å². The van der Waals surface area contributed by atoms with Gasteiger partial charge in [-0.15, -0.1) is 0 Å². The molecule has 0 radical (unpaired) electrons. The zero-order chi connectivity index (χ0) is 15.2. The molecule has 4 heteroatoms. The third-order valence-electron chi connectivity index (χ3n) is 3.81. The van der Waals surface area contributed by atoms with E-state index in [0.717, 1.165) is 30.4 Å². The summed E-state index contributed by atoms with van der Waals surface area (Å²) in [4.78, 5) is 2.31. The van der Waals surface area contributed by atoms with Gasteiger partial charge in [0.15, 0.2) is 0 Å². The summed E-state index contributed by atoms with van der Waals surface area (Å²) >= 11 is 5.95. The Morgan fingerprint density at radius 3 is 2.62 bits per heavy atom. The highest BCUT2D eigenvalue weighted by atomic mass is 35.5. The topological polar surface area (TPSA) is 28.4 Å². The summed E-state index contributed by atoms with van der Waals surface area (Å²) in [7, 11) is 2.13. The Kier molecular flexibility index (Phi) is 5.85. The van der Waals surface area contributed by atoms with Crippen LogP contribution in [-0.4, -0.2) is 18.5 Å². The van der Waals surface area contributed by atoms with Crippen LogP contribution in [0.5, 0.6) is 0 Å². The van der Waals surface area contributed by atoms with E-state index in [0.29, 0.717) is 6.04 Å². The molecule has 1 atom stereocenters. The molecule has 21 heavy (non-hydrogen) atoms. The summed E-state index contributed by atoms with van der Waals surface area (Å²) in [5.74, 6) is 1.02. The van der Waals surface area contributed by atoms with Crippen molar-refractivity contribution in [3.8, 4) is 0 Å². The molecule has 2 aromatic rings. The number of furan rings is 1. The first-order valence-corrected chi connectivity index (χ1v) is 7.71. The lowest BCUT2D eigenvalue weighted by Crippen LogP contribution is -2.23. The van der Waals surface area contributed by atoms with Gasteiger partial charge < -0.3 is 9.73 Å². The smallest absolute Gasteiger partial charge is 0.122 e. The third-order valence-corrected chi connectivity index (χ3v) is 4.06. The second kappa shape index (κ2) is 7.64. The van der Waals surface area contributed by atoms with Gasteiger partial charge in [-0.1, -0.05) is 30.7 Å². The average molecular weight is 307 g/mol. The van der Waals surface area contributed by atoms with E-state index >= 15 is 0 Å². The molecule has 114 valence electrons. The zero-order valence-corrected chi connectivity index (χ0v) is 13.7. The number of hydrogen-bond acceptors (Lipinski definition) is 3. The maximum atomic E-state index is 5.95. The van der Waals surface area contributed by atoms with E-state index in [1.807, 2.05) is 12.1 Å². The van der Waals surface area contributed by atoms with Crippen molar-refractivity contribution in [2.24, 2.45) is 0 Å². The van der Waals surface area contributed by atoms with E-state index in [1.165, 1.54) is 11.1 Å². The maximum absolute atomic E-state index is 5.95. The van der Waals surface area contributed by atoms with Crippen LogP contribution in [-0.2, 0) is 13.1 Å². The van der Waals surface area contributed by atoms with E-state index in [1.54, 1.807) is 6.26 Å². The van der Waals surface area contributed by atoms with Crippen LogP contribution in [0.15, 0.2) is 41.0 Å². The van der Waals surface area contributed by atoms with Gasteiger partial charge in [-0.3, -0.25) is 4.90 Å². The highest BCUT2D eigenvalue weighted by molar-refractivity contribution is 6.30. The molecule has 0 amide bonds. The number of halogens is 1. The fraction of sp³-hybridized carbons (Fsp3) is 0.412. The second-order valence-electron chi connectivity index (χ2n) is 5.29. The molecule has 1 aromatic heterocycles. The largest absolute Gasteiger partial charge is 0.468 e. The van der Waals surface area contributed by atoms with Gasteiger partial charge in [-0.25, -0.2) is 0 Å². The van der Waals surface area contributed by atoms with Gasteiger partial charge in [0.25, 0.3) is 0 Å². The molecule has 1 N–H and O–H groups in total. The molecule has 1 unspecified atom stereocenters. The van der Waals surface area contributed by atoms with Crippen LogP contribution in [0.25, 0.3) is 0 Å².